The van der Waals surface area contributed by atoms with Gasteiger partial charge in [0, 0.05) is 26.1 Å². The fraction of sp³-hybridized carbons (Fsp3) is 0.368. The Balaban J connectivity index is 1.54. The molecule has 0 aromatic heterocycles. The van der Waals surface area contributed by atoms with E-state index in [0.29, 0.717) is 35.2 Å². The molecule has 0 atom stereocenters. The van der Waals surface area contributed by atoms with Crippen LogP contribution >= 0.6 is 24.0 Å². The topological polar surface area (TPSA) is 77.9 Å². The SMILES string of the molecule is O=C(O)C1CCN(C(=O)CCN2C(=O)C(=Cc3ccccc3)SC2=S)CC1. The fourth-order valence-corrected chi connectivity index (χ4v) is 4.44. The van der Waals surface area contributed by atoms with E-state index in [-0.39, 0.29) is 30.7 Å². The molecule has 2 amide bonds. The zero-order valence-corrected chi connectivity index (χ0v) is 16.3. The molecule has 1 aromatic rings. The van der Waals surface area contributed by atoms with Crippen molar-refractivity contribution in [3.63, 3.8) is 0 Å². The first-order chi connectivity index (χ1) is 13.0. The normalized spacial score (nSPS) is 19.8. The van der Waals surface area contributed by atoms with Gasteiger partial charge < -0.3 is 10.0 Å². The number of thiocarbonyl (C=S) groups is 1. The number of carboxylic acid groups (broad SMARTS) is 1. The highest BCUT2D eigenvalue weighted by atomic mass is 32.2. The predicted molar refractivity (Wildman–Crippen MR) is 108 cm³/mol. The lowest BCUT2D eigenvalue weighted by molar-refractivity contribution is -0.145. The van der Waals surface area contributed by atoms with E-state index in [2.05, 4.69) is 0 Å². The van der Waals surface area contributed by atoms with Crippen molar-refractivity contribution < 1.29 is 19.5 Å². The minimum Gasteiger partial charge on any atom is -0.481 e. The van der Waals surface area contributed by atoms with E-state index in [1.54, 1.807) is 11.0 Å². The summed E-state index contributed by atoms with van der Waals surface area (Å²) in [5.41, 5.74) is 0.926. The van der Waals surface area contributed by atoms with Crippen molar-refractivity contribution in [1.82, 2.24) is 9.80 Å². The third-order valence-corrected chi connectivity index (χ3v) is 6.09. The maximum Gasteiger partial charge on any atom is 0.306 e. The number of carboxylic acids is 1. The highest BCUT2D eigenvalue weighted by molar-refractivity contribution is 8.26. The molecule has 2 aliphatic rings. The lowest BCUT2D eigenvalue weighted by atomic mass is 9.97. The number of hydrogen-bond acceptors (Lipinski definition) is 5. The third kappa shape index (κ3) is 4.75. The van der Waals surface area contributed by atoms with Gasteiger partial charge in [0.15, 0.2) is 0 Å². The molecule has 0 bridgehead atoms. The average Bonchev–Trinajstić information content (AvgIpc) is 2.93. The molecule has 0 aliphatic carbocycles. The summed E-state index contributed by atoms with van der Waals surface area (Å²) in [7, 11) is 0. The number of likely N-dealkylation sites (tertiary alicyclic amines) is 1. The van der Waals surface area contributed by atoms with Gasteiger partial charge in [-0.15, -0.1) is 0 Å². The van der Waals surface area contributed by atoms with Gasteiger partial charge in [0.25, 0.3) is 5.91 Å². The first kappa shape index (κ1) is 19.6. The van der Waals surface area contributed by atoms with Crippen LogP contribution in [0.2, 0.25) is 0 Å². The molecule has 142 valence electrons. The largest absolute Gasteiger partial charge is 0.481 e. The number of carbonyl (C=O) groups excluding carboxylic acids is 2. The summed E-state index contributed by atoms with van der Waals surface area (Å²) in [5.74, 6) is -1.42. The van der Waals surface area contributed by atoms with Crippen LogP contribution in [0.4, 0.5) is 0 Å². The van der Waals surface area contributed by atoms with Gasteiger partial charge in [0.1, 0.15) is 4.32 Å². The van der Waals surface area contributed by atoms with Crippen LogP contribution in [0.15, 0.2) is 35.2 Å². The first-order valence-corrected chi connectivity index (χ1v) is 9.99. The van der Waals surface area contributed by atoms with Crippen molar-refractivity contribution >= 4 is 52.2 Å². The van der Waals surface area contributed by atoms with E-state index < -0.39 is 5.97 Å². The number of benzene rings is 1. The second kappa shape index (κ2) is 8.67. The number of rotatable bonds is 5. The van der Waals surface area contributed by atoms with Gasteiger partial charge in [-0.1, -0.05) is 54.3 Å². The van der Waals surface area contributed by atoms with Crippen LogP contribution in [0.1, 0.15) is 24.8 Å². The fourth-order valence-electron chi connectivity index (χ4n) is 3.13. The number of amides is 2. The lowest BCUT2D eigenvalue weighted by Gasteiger charge is -2.30. The number of piperidine rings is 1. The third-order valence-electron chi connectivity index (χ3n) is 4.72. The highest BCUT2D eigenvalue weighted by Gasteiger charge is 2.33. The summed E-state index contributed by atoms with van der Waals surface area (Å²) in [4.78, 5) is 39.7. The summed E-state index contributed by atoms with van der Waals surface area (Å²) >= 11 is 6.55. The molecule has 0 saturated carbocycles. The molecule has 8 heteroatoms. The summed E-state index contributed by atoms with van der Waals surface area (Å²) in [5, 5.41) is 9.03. The summed E-state index contributed by atoms with van der Waals surface area (Å²) in [6, 6.07) is 9.54. The van der Waals surface area contributed by atoms with Crippen molar-refractivity contribution in [2.45, 2.75) is 19.3 Å². The van der Waals surface area contributed by atoms with Crippen LogP contribution in [0, 0.1) is 5.92 Å². The number of carbonyl (C=O) groups is 3. The number of hydrogen-bond donors (Lipinski definition) is 1. The zero-order chi connectivity index (χ0) is 19.4. The Morgan fingerprint density at radius 1 is 1.22 bits per heavy atom. The second-order valence-corrected chi connectivity index (χ2v) is 8.16. The molecule has 0 radical (unpaired) electrons. The van der Waals surface area contributed by atoms with Crippen LogP contribution in [0.5, 0.6) is 0 Å². The van der Waals surface area contributed by atoms with Crippen LogP contribution in [-0.4, -0.2) is 56.6 Å². The quantitative estimate of drug-likeness (QED) is 0.600. The standard InChI is InChI=1S/C19H20N2O4S2/c22-16(20-9-6-14(7-10-20)18(24)25)8-11-21-17(23)15(27-19(21)26)12-13-4-2-1-3-5-13/h1-5,12,14H,6-11H2,(H,24,25). The Hall–Kier alpha value is -2.19. The van der Waals surface area contributed by atoms with Gasteiger partial charge in [0.05, 0.1) is 10.8 Å². The Bertz CT molecular complexity index is 786. The average molecular weight is 405 g/mol. The first-order valence-electron chi connectivity index (χ1n) is 8.76. The van der Waals surface area contributed by atoms with Gasteiger partial charge in [-0.05, 0) is 24.5 Å². The lowest BCUT2D eigenvalue weighted by Crippen LogP contribution is -2.41. The Morgan fingerprint density at radius 3 is 2.52 bits per heavy atom. The van der Waals surface area contributed by atoms with Crippen molar-refractivity contribution in [3.05, 3.63) is 40.8 Å². The monoisotopic (exact) mass is 404 g/mol. The summed E-state index contributed by atoms with van der Waals surface area (Å²) in [6.07, 6.45) is 2.94. The molecule has 1 aromatic carbocycles. The molecule has 0 spiro atoms. The van der Waals surface area contributed by atoms with Crippen LogP contribution in [-0.2, 0) is 14.4 Å². The van der Waals surface area contributed by atoms with Crippen molar-refractivity contribution in [3.8, 4) is 0 Å². The second-order valence-electron chi connectivity index (χ2n) is 6.49. The van der Waals surface area contributed by atoms with E-state index in [9.17, 15) is 14.4 Å². The maximum atomic E-state index is 12.6. The van der Waals surface area contributed by atoms with Gasteiger partial charge in [-0.3, -0.25) is 19.3 Å². The van der Waals surface area contributed by atoms with E-state index in [4.69, 9.17) is 17.3 Å². The van der Waals surface area contributed by atoms with Gasteiger partial charge in [0.2, 0.25) is 5.91 Å². The molecular weight excluding hydrogens is 384 g/mol. The van der Waals surface area contributed by atoms with E-state index in [1.807, 2.05) is 30.3 Å². The molecule has 1 N–H and O–H groups in total. The molecule has 2 aliphatic heterocycles. The van der Waals surface area contributed by atoms with E-state index in [0.717, 1.165) is 5.56 Å². The number of thioether (sulfide) groups is 1. The smallest absolute Gasteiger partial charge is 0.306 e. The Morgan fingerprint density at radius 2 is 1.89 bits per heavy atom. The highest BCUT2D eigenvalue weighted by Crippen LogP contribution is 2.32. The maximum absolute atomic E-state index is 12.6. The van der Waals surface area contributed by atoms with Crippen LogP contribution in [0.25, 0.3) is 6.08 Å². The van der Waals surface area contributed by atoms with Crippen molar-refractivity contribution in [1.29, 1.82) is 0 Å². The van der Waals surface area contributed by atoms with Crippen molar-refractivity contribution in [2.75, 3.05) is 19.6 Å². The van der Waals surface area contributed by atoms with Gasteiger partial charge >= 0.3 is 5.97 Å². The summed E-state index contributed by atoms with van der Waals surface area (Å²) in [6.45, 7) is 1.14. The zero-order valence-electron chi connectivity index (χ0n) is 14.7. The van der Waals surface area contributed by atoms with Gasteiger partial charge in [-0.25, -0.2) is 0 Å². The van der Waals surface area contributed by atoms with Gasteiger partial charge in [-0.2, -0.15) is 0 Å². The van der Waals surface area contributed by atoms with E-state index >= 15 is 0 Å². The molecule has 3 rings (SSSR count). The number of aliphatic carboxylic acids is 1. The molecule has 2 heterocycles. The molecule has 2 fully saturated rings. The minimum atomic E-state index is -0.801. The molecule has 0 unspecified atom stereocenters. The van der Waals surface area contributed by atoms with Crippen molar-refractivity contribution in [2.24, 2.45) is 5.92 Å². The molecule has 2 saturated heterocycles. The number of nitrogens with zero attached hydrogens (tertiary/aromatic N) is 2. The molecular formula is C19H20N2O4S2. The molecule has 6 nitrogen and oxygen atoms in total. The minimum absolute atomic E-state index is 0.0695. The van der Waals surface area contributed by atoms with Crippen LogP contribution in [0.3, 0.4) is 0 Å². The van der Waals surface area contributed by atoms with E-state index in [1.165, 1.54) is 16.7 Å². The summed E-state index contributed by atoms with van der Waals surface area (Å²) < 4.78 is 0.458. The molecule has 27 heavy (non-hydrogen) atoms. The predicted octanol–water partition coefficient (Wildman–Crippen LogP) is 2.60. The Kier molecular flexibility index (Phi) is 6.28. The van der Waals surface area contributed by atoms with Crippen LogP contribution < -0.4 is 0 Å². The Labute approximate surface area is 167 Å².